The van der Waals surface area contributed by atoms with Gasteiger partial charge in [-0.1, -0.05) is 18.2 Å². The first-order chi connectivity index (χ1) is 18.3. The topological polar surface area (TPSA) is 120 Å². The van der Waals surface area contributed by atoms with E-state index in [-0.39, 0.29) is 12.0 Å². The molecule has 3 N–H and O–H groups in total. The summed E-state index contributed by atoms with van der Waals surface area (Å²) in [6.07, 6.45) is 3.54. The first kappa shape index (κ1) is 25.5. The highest BCUT2D eigenvalue weighted by Gasteiger charge is 2.26. The zero-order chi connectivity index (χ0) is 27.0. The number of amides is 2. The van der Waals surface area contributed by atoms with Crippen LogP contribution in [0.1, 0.15) is 41.9 Å². The summed E-state index contributed by atoms with van der Waals surface area (Å²) in [5.74, 6) is 1.17. The number of carbonyl (C=O) groups is 2. The highest BCUT2D eigenvalue weighted by molar-refractivity contribution is 7.21. The van der Waals surface area contributed by atoms with Gasteiger partial charge in [0.2, 0.25) is 11.9 Å². The number of nitrogens with zero attached hydrogens (tertiary/aromatic N) is 3. The van der Waals surface area contributed by atoms with Gasteiger partial charge in [-0.2, -0.15) is 0 Å². The van der Waals surface area contributed by atoms with Crippen LogP contribution in [-0.2, 0) is 11.2 Å². The van der Waals surface area contributed by atoms with Crippen LogP contribution in [0.3, 0.4) is 0 Å². The lowest BCUT2D eigenvalue weighted by molar-refractivity contribution is -0.118. The van der Waals surface area contributed by atoms with E-state index in [9.17, 15) is 9.59 Å². The second kappa shape index (κ2) is 10.3. The summed E-state index contributed by atoms with van der Waals surface area (Å²) in [5, 5.41) is 3.32. The van der Waals surface area contributed by atoms with Gasteiger partial charge in [0.15, 0.2) is 0 Å². The van der Waals surface area contributed by atoms with E-state index in [1.165, 1.54) is 11.3 Å². The summed E-state index contributed by atoms with van der Waals surface area (Å²) in [7, 11) is 3.38. The summed E-state index contributed by atoms with van der Waals surface area (Å²) in [6.45, 7) is 3.93. The van der Waals surface area contributed by atoms with Gasteiger partial charge in [0.1, 0.15) is 16.4 Å². The number of thiophene rings is 1. The van der Waals surface area contributed by atoms with Crippen LogP contribution in [0.2, 0.25) is 0 Å². The number of hydrogen-bond acceptors (Lipinski definition) is 8. The van der Waals surface area contributed by atoms with Crippen molar-refractivity contribution in [1.29, 1.82) is 0 Å². The molecule has 9 nitrogen and oxygen atoms in total. The van der Waals surface area contributed by atoms with Crippen LogP contribution in [0.15, 0.2) is 42.6 Å². The SMILES string of the molecule is COc1ccccc1-c1c(C(N)=O)sc2cnc(Nc3ccc4c(c3OC(C)C)CCCC(=O)N4C)nc12. The largest absolute Gasteiger partial charge is 0.496 e. The third kappa shape index (κ3) is 4.63. The van der Waals surface area contributed by atoms with Gasteiger partial charge in [-0.15, -0.1) is 11.3 Å². The Morgan fingerprint density at radius 1 is 1.18 bits per heavy atom. The molecule has 3 heterocycles. The van der Waals surface area contributed by atoms with Crippen molar-refractivity contribution in [1.82, 2.24) is 9.97 Å². The maximum absolute atomic E-state index is 12.5. The average molecular weight is 532 g/mol. The van der Waals surface area contributed by atoms with Gasteiger partial charge in [0.05, 0.1) is 41.0 Å². The molecule has 0 saturated carbocycles. The van der Waals surface area contributed by atoms with Crippen LogP contribution in [0, 0.1) is 0 Å². The van der Waals surface area contributed by atoms with Crippen LogP contribution in [0.5, 0.6) is 11.5 Å². The first-order valence-electron chi connectivity index (χ1n) is 12.4. The van der Waals surface area contributed by atoms with Crippen molar-refractivity contribution >= 4 is 50.7 Å². The molecule has 0 bridgehead atoms. The van der Waals surface area contributed by atoms with Gasteiger partial charge in [0, 0.05) is 30.2 Å². The molecule has 0 unspecified atom stereocenters. The summed E-state index contributed by atoms with van der Waals surface area (Å²) in [5.41, 5.74) is 10.2. The van der Waals surface area contributed by atoms with Crippen molar-refractivity contribution in [2.45, 2.75) is 39.2 Å². The number of anilines is 3. The number of nitrogens with one attached hydrogen (secondary N) is 1. The van der Waals surface area contributed by atoms with Crippen LogP contribution in [-0.4, -0.2) is 42.0 Å². The molecule has 38 heavy (non-hydrogen) atoms. The Morgan fingerprint density at radius 3 is 2.71 bits per heavy atom. The van der Waals surface area contributed by atoms with Crippen LogP contribution >= 0.6 is 11.3 Å². The molecule has 196 valence electrons. The summed E-state index contributed by atoms with van der Waals surface area (Å²) >= 11 is 1.25. The van der Waals surface area contributed by atoms with Crippen molar-refractivity contribution in [3.05, 3.63) is 53.0 Å². The van der Waals surface area contributed by atoms with Gasteiger partial charge in [0.25, 0.3) is 5.91 Å². The highest BCUT2D eigenvalue weighted by atomic mass is 32.1. The lowest BCUT2D eigenvalue weighted by Gasteiger charge is -2.23. The van der Waals surface area contributed by atoms with Crippen molar-refractivity contribution in [2.24, 2.45) is 5.73 Å². The first-order valence-corrected chi connectivity index (χ1v) is 13.2. The fourth-order valence-corrected chi connectivity index (χ4v) is 5.69. The van der Waals surface area contributed by atoms with E-state index in [4.69, 9.17) is 20.2 Å². The number of fused-ring (bicyclic) bond motifs is 2. The number of carbonyl (C=O) groups excluding carboxylic acids is 2. The molecule has 0 fully saturated rings. The standard InChI is InChI=1S/C28H29N5O4S/c1-15(2)37-25-16-9-7-11-22(34)33(3)19(16)13-12-18(25)31-28-30-14-21-24(32-28)23(26(38-21)27(29)35)17-8-5-6-10-20(17)36-4/h5-6,8,10,12-15H,7,9,11H2,1-4H3,(H2,29,35)(H,30,31,32). The Balaban J connectivity index is 1.63. The number of ether oxygens (including phenoxy) is 2. The molecule has 4 aromatic rings. The average Bonchev–Trinajstić information content (AvgIpc) is 3.21. The number of hydrogen-bond donors (Lipinski definition) is 2. The van der Waals surface area contributed by atoms with Crippen molar-refractivity contribution < 1.29 is 19.1 Å². The third-order valence-corrected chi connectivity index (χ3v) is 7.55. The van der Waals surface area contributed by atoms with Crippen molar-refractivity contribution in [3.63, 3.8) is 0 Å². The Morgan fingerprint density at radius 2 is 1.97 bits per heavy atom. The zero-order valence-electron chi connectivity index (χ0n) is 21.7. The zero-order valence-corrected chi connectivity index (χ0v) is 22.5. The maximum Gasteiger partial charge on any atom is 0.259 e. The smallest absolute Gasteiger partial charge is 0.259 e. The van der Waals surface area contributed by atoms with Crippen LogP contribution in [0.25, 0.3) is 21.3 Å². The predicted molar refractivity (Wildman–Crippen MR) is 150 cm³/mol. The fourth-order valence-electron chi connectivity index (χ4n) is 4.71. The van der Waals surface area contributed by atoms with Gasteiger partial charge in [-0.25, -0.2) is 9.97 Å². The van der Waals surface area contributed by atoms with Gasteiger partial charge >= 0.3 is 0 Å². The monoisotopic (exact) mass is 531 g/mol. The van der Waals surface area contributed by atoms with E-state index in [1.807, 2.05) is 50.2 Å². The van der Waals surface area contributed by atoms with Crippen LogP contribution < -0.4 is 25.4 Å². The van der Waals surface area contributed by atoms with E-state index in [2.05, 4.69) is 10.3 Å². The molecule has 2 aromatic carbocycles. The van der Waals surface area contributed by atoms with Crippen molar-refractivity contribution in [2.75, 3.05) is 24.4 Å². The van der Waals surface area contributed by atoms with Gasteiger partial charge < -0.3 is 25.4 Å². The summed E-state index contributed by atoms with van der Waals surface area (Å²) in [6, 6.07) is 11.2. The quantitative estimate of drug-likeness (QED) is 0.332. The minimum atomic E-state index is -0.541. The predicted octanol–water partition coefficient (Wildman–Crippen LogP) is 5.30. The van der Waals surface area contributed by atoms with E-state index in [0.717, 1.165) is 27.9 Å². The normalized spacial score (nSPS) is 13.4. The second-order valence-electron chi connectivity index (χ2n) is 9.32. The molecule has 1 aliphatic heterocycles. The molecule has 2 aromatic heterocycles. The Labute approximate surface area is 224 Å². The number of nitrogens with two attached hydrogens (primary N) is 1. The lowest BCUT2D eigenvalue weighted by atomic mass is 10.0. The molecular weight excluding hydrogens is 502 g/mol. The minimum absolute atomic E-state index is 0.0816. The lowest BCUT2D eigenvalue weighted by Crippen LogP contribution is -2.25. The summed E-state index contributed by atoms with van der Waals surface area (Å²) < 4.78 is 12.6. The molecule has 0 radical (unpaired) electrons. The number of para-hydroxylation sites is 1. The Bertz CT molecular complexity index is 1550. The fraction of sp³-hybridized carbons (Fsp3) is 0.286. The highest BCUT2D eigenvalue weighted by Crippen LogP contribution is 2.43. The molecular formula is C28H29N5O4S. The maximum atomic E-state index is 12.5. The number of rotatable bonds is 7. The Hall–Kier alpha value is -4.18. The number of methoxy groups -OCH3 is 1. The molecule has 2 amide bonds. The van der Waals surface area contributed by atoms with E-state index >= 15 is 0 Å². The van der Waals surface area contributed by atoms with Gasteiger partial charge in [-0.05, 0) is 44.9 Å². The van der Waals surface area contributed by atoms with E-state index in [0.29, 0.717) is 51.9 Å². The number of aromatic nitrogens is 2. The third-order valence-electron chi connectivity index (χ3n) is 6.42. The molecule has 0 saturated heterocycles. The number of benzene rings is 2. The molecule has 0 aliphatic carbocycles. The minimum Gasteiger partial charge on any atom is -0.496 e. The molecule has 5 rings (SSSR count). The van der Waals surface area contributed by atoms with Gasteiger partial charge in [-0.3, -0.25) is 9.59 Å². The number of primary amides is 1. The molecule has 0 spiro atoms. The Kier molecular flexibility index (Phi) is 6.90. The summed E-state index contributed by atoms with van der Waals surface area (Å²) in [4.78, 5) is 36.3. The van der Waals surface area contributed by atoms with Crippen molar-refractivity contribution in [3.8, 4) is 22.6 Å². The van der Waals surface area contributed by atoms with Crippen LogP contribution in [0.4, 0.5) is 17.3 Å². The molecule has 0 atom stereocenters. The second-order valence-corrected chi connectivity index (χ2v) is 10.4. The molecule has 10 heteroatoms. The van der Waals surface area contributed by atoms with E-state index in [1.54, 1.807) is 25.3 Å². The molecule has 1 aliphatic rings. The van der Waals surface area contributed by atoms with E-state index < -0.39 is 5.91 Å².